The predicted molar refractivity (Wildman–Crippen MR) is 113 cm³/mol. The van der Waals surface area contributed by atoms with Gasteiger partial charge in [0.05, 0.1) is 18.8 Å². The van der Waals surface area contributed by atoms with Gasteiger partial charge in [0.25, 0.3) is 0 Å². The van der Waals surface area contributed by atoms with Gasteiger partial charge in [0.1, 0.15) is 22.8 Å². The summed E-state index contributed by atoms with van der Waals surface area (Å²) >= 11 is 0. The van der Waals surface area contributed by atoms with Gasteiger partial charge in [0, 0.05) is 6.42 Å². The van der Waals surface area contributed by atoms with Crippen LogP contribution in [0.3, 0.4) is 0 Å². The highest BCUT2D eigenvalue weighted by atomic mass is 28.4. The number of aliphatic hydroxyl groups is 1. The van der Waals surface area contributed by atoms with Gasteiger partial charge < -0.3 is 19.0 Å². The minimum Gasteiger partial charge on any atom is -0.506 e. The molecular formula is C22H32O5Si. The Hall–Kier alpha value is -1.79. The van der Waals surface area contributed by atoms with Gasteiger partial charge in [-0.05, 0) is 56.1 Å². The maximum atomic E-state index is 12.8. The summed E-state index contributed by atoms with van der Waals surface area (Å²) < 4.78 is 18.6. The zero-order valence-corrected chi connectivity index (χ0v) is 19.2. The lowest BCUT2D eigenvalue weighted by Gasteiger charge is -2.49. The van der Waals surface area contributed by atoms with Gasteiger partial charge in [-0.3, -0.25) is 4.79 Å². The van der Waals surface area contributed by atoms with Gasteiger partial charge in [-0.1, -0.05) is 20.8 Å². The summed E-state index contributed by atoms with van der Waals surface area (Å²) in [6, 6.07) is 3.71. The van der Waals surface area contributed by atoms with Crippen molar-refractivity contribution in [1.29, 1.82) is 0 Å². The zero-order chi connectivity index (χ0) is 21.1. The zero-order valence-electron chi connectivity index (χ0n) is 18.2. The molecule has 0 amide bonds. The average Bonchev–Trinajstić information content (AvgIpc) is 2.55. The Morgan fingerprint density at radius 2 is 1.93 bits per heavy atom. The minimum absolute atomic E-state index is 0.0309. The molecule has 154 valence electrons. The van der Waals surface area contributed by atoms with E-state index in [9.17, 15) is 9.90 Å². The van der Waals surface area contributed by atoms with Crippen molar-refractivity contribution in [2.24, 2.45) is 0 Å². The number of hydrogen-bond donors (Lipinski definition) is 1. The first-order valence-electron chi connectivity index (χ1n) is 9.84. The monoisotopic (exact) mass is 404 g/mol. The number of ketones is 1. The number of carbonyl (C=O) groups excluding carboxylic acids is 1. The fourth-order valence-corrected chi connectivity index (χ4v) is 5.25. The maximum absolute atomic E-state index is 12.8. The molecule has 0 radical (unpaired) electrons. The number of Topliss-reactive ketones (excluding diaryl/α,β-unsaturated/α-hetero) is 1. The summed E-state index contributed by atoms with van der Waals surface area (Å²) in [7, 11) is -0.552. The molecule has 1 fully saturated rings. The van der Waals surface area contributed by atoms with E-state index in [-0.39, 0.29) is 22.7 Å². The van der Waals surface area contributed by atoms with Crippen LogP contribution in [0, 0.1) is 6.92 Å². The van der Waals surface area contributed by atoms with Crippen molar-refractivity contribution in [2.45, 2.75) is 77.3 Å². The Morgan fingerprint density at radius 3 is 2.50 bits per heavy atom. The summed E-state index contributed by atoms with van der Waals surface area (Å²) in [5.74, 6) is 0.888. The Balaban J connectivity index is 2.14. The number of fused-ring (bicyclic) bond motifs is 2. The van der Waals surface area contributed by atoms with Gasteiger partial charge in [-0.15, -0.1) is 0 Å². The Morgan fingerprint density at radius 1 is 1.29 bits per heavy atom. The highest BCUT2D eigenvalue weighted by Crippen LogP contribution is 2.50. The molecule has 0 spiro atoms. The van der Waals surface area contributed by atoms with E-state index < -0.39 is 13.9 Å². The first-order valence-corrected chi connectivity index (χ1v) is 12.8. The summed E-state index contributed by atoms with van der Waals surface area (Å²) in [4.78, 5) is 12.8. The van der Waals surface area contributed by atoms with E-state index in [0.29, 0.717) is 35.5 Å². The van der Waals surface area contributed by atoms with E-state index in [2.05, 4.69) is 33.9 Å². The predicted octanol–water partition coefficient (Wildman–Crippen LogP) is 5.18. The summed E-state index contributed by atoms with van der Waals surface area (Å²) in [6.07, 6.45) is 0.612. The number of aliphatic hydroxyl groups excluding tert-OH is 1. The first kappa shape index (κ1) is 20.9. The number of methoxy groups -OCH3 is 1. The Kier molecular flexibility index (Phi) is 4.95. The fraction of sp³-hybridized carbons (Fsp3) is 0.591. The van der Waals surface area contributed by atoms with Crippen molar-refractivity contribution in [3.05, 3.63) is 28.8 Å². The average molecular weight is 405 g/mol. The van der Waals surface area contributed by atoms with E-state index in [1.807, 2.05) is 26.0 Å². The molecule has 0 aromatic heterocycles. The standard InChI is InChI=1S/C22H32O5Si/c1-13-11-15(25-6)18-16(12-13)26-22(5)17(27-28(7,8)21(2,3)4)10-9-14(23)19(22)20(18)24/h11-12,17,24H,9-10H2,1-8H3/t17-,22-/m1/s1. The Labute approximate surface area is 168 Å². The lowest BCUT2D eigenvalue weighted by Crippen LogP contribution is -2.59. The summed E-state index contributed by atoms with van der Waals surface area (Å²) in [5, 5.41) is 11.2. The molecule has 1 saturated carbocycles. The van der Waals surface area contributed by atoms with Crippen molar-refractivity contribution in [3.8, 4) is 11.5 Å². The molecule has 5 nitrogen and oxygen atoms in total. The van der Waals surface area contributed by atoms with Crippen molar-refractivity contribution in [2.75, 3.05) is 7.11 Å². The van der Waals surface area contributed by atoms with E-state index >= 15 is 0 Å². The molecule has 1 aromatic rings. The molecule has 6 heteroatoms. The molecule has 1 aromatic carbocycles. The van der Waals surface area contributed by atoms with Crippen molar-refractivity contribution >= 4 is 19.9 Å². The smallest absolute Gasteiger partial charge is 0.192 e. The summed E-state index contributed by atoms with van der Waals surface area (Å²) in [5.41, 5.74) is 0.680. The SMILES string of the molecule is COc1cc(C)cc2c1C(O)=C1C(=O)CC[C@@H](O[Si](C)(C)C(C)(C)C)[C@@]1(C)O2. The molecule has 2 aliphatic rings. The highest BCUT2D eigenvalue weighted by Gasteiger charge is 2.55. The van der Waals surface area contributed by atoms with Crippen LogP contribution >= 0.6 is 0 Å². The topological polar surface area (TPSA) is 65.0 Å². The second-order valence-electron chi connectivity index (χ2n) is 9.60. The second-order valence-corrected chi connectivity index (χ2v) is 14.4. The second kappa shape index (κ2) is 6.63. The van der Waals surface area contributed by atoms with Crippen molar-refractivity contribution in [1.82, 2.24) is 0 Å². The third kappa shape index (κ3) is 3.16. The van der Waals surface area contributed by atoms with Crippen LogP contribution in [0.5, 0.6) is 11.5 Å². The van der Waals surface area contributed by atoms with Gasteiger partial charge in [-0.25, -0.2) is 0 Å². The van der Waals surface area contributed by atoms with Crippen molar-refractivity contribution < 1.29 is 23.8 Å². The molecule has 0 saturated heterocycles. The summed E-state index contributed by atoms with van der Waals surface area (Å²) in [6.45, 7) is 14.8. The lowest BCUT2D eigenvalue weighted by molar-refractivity contribution is -0.124. The minimum atomic E-state index is -2.10. The van der Waals surface area contributed by atoms with Crippen LogP contribution < -0.4 is 9.47 Å². The molecule has 1 aliphatic carbocycles. The van der Waals surface area contributed by atoms with Crippen LogP contribution in [0.25, 0.3) is 5.76 Å². The third-order valence-corrected chi connectivity index (χ3v) is 11.0. The van der Waals surface area contributed by atoms with Crippen LogP contribution in [0.1, 0.15) is 51.7 Å². The van der Waals surface area contributed by atoms with Crippen LogP contribution in [0.4, 0.5) is 0 Å². The molecule has 0 unspecified atom stereocenters. The van der Waals surface area contributed by atoms with Crippen LogP contribution in [-0.2, 0) is 9.22 Å². The normalized spacial score (nSPS) is 25.1. The molecule has 1 aliphatic heterocycles. The van der Waals surface area contributed by atoms with E-state index in [1.165, 1.54) is 0 Å². The van der Waals surface area contributed by atoms with E-state index in [1.54, 1.807) is 7.11 Å². The van der Waals surface area contributed by atoms with Crippen LogP contribution in [0.2, 0.25) is 18.1 Å². The highest BCUT2D eigenvalue weighted by molar-refractivity contribution is 6.74. The van der Waals surface area contributed by atoms with Gasteiger partial charge in [0.15, 0.2) is 19.7 Å². The maximum Gasteiger partial charge on any atom is 0.192 e. The molecule has 1 N–H and O–H groups in total. The largest absolute Gasteiger partial charge is 0.506 e. The number of benzene rings is 1. The third-order valence-electron chi connectivity index (χ3n) is 6.49. The fourth-order valence-electron chi connectivity index (χ4n) is 3.84. The number of ether oxygens (including phenoxy) is 2. The quantitative estimate of drug-likeness (QED) is 0.704. The van der Waals surface area contributed by atoms with Gasteiger partial charge >= 0.3 is 0 Å². The molecule has 2 atom stereocenters. The molecule has 28 heavy (non-hydrogen) atoms. The molecule has 0 bridgehead atoms. The number of carbonyl (C=O) groups is 1. The van der Waals surface area contributed by atoms with Gasteiger partial charge in [0.2, 0.25) is 0 Å². The first-order chi connectivity index (χ1) is 12.8. The number of rotatable bonds is 3. The molecule has 1 heterocycles. The van der Waals surface area contributed by atoms with Crippen LogP contribution in [0.15, 0.2) is 17.7 Å². The molecule has 3 rings (SSSR count). The number of hydrogen-bond acceptors (Lipinski definition) is 5. The van der Waals surface area contributed by atoms with Gasteiger partial charge in [-0.2, -0.15) is 0 Å². The Bertz CT molecular complexity index is 849. The van der Waals surface area contributed by atoms with Crippen LogP contribution in [-0.4, -0.2) is 38.0 Å². The molecular weight excluding hydrogens is 372 g/mol. The lowest BCUT2D eigenvalue weighted by atomic mass is 9.75. The van der Waals surface area contributed by atoms with Crippen molar-refractivity contribution in [3.63, 3.8) is 0 Å². The van der Waals surface area contributed by atoms with E-state index in [0.717, 1.165) is 5.56 Å². The van der Waals surface area contributed by atoms with E-state index in [4.69, 9.17) is 13.9 Å². The number of aryl methyl sites for hydroxylation is 1.